The highest BCUT2D eigenvalue weighted by molar-refractivity contribution is 7.14. The van der Waals surface area contributed by atoms with E-state index in [1.807, 2.05) is 29.0 Å². The molecule has 0 saturated carbocycles. The number of rotatable bonds is 8. The number of amides is 1. The quantitative estimate of drug-likeness (QED) is 0.439. The number of thiophene rings is 2. The van der Waals surface area contributed by atoms with Crippen molar-refractivity contribution >= 4 is 40.4 Å². The number of ketones is 1. The van der Waals surface area contributed by atoms with Crippen molar-refractivity contribution in [3.63, 3.8) is 0 Å². The molecule has 1 aromatic carbocycles. The predicted octanol–water partition coefficient (Wildman–Crippen LogP) is 4.39. The molecule has 1 N–H and O–H groups in total. The van der Waals surface area contributed by atoms with Gasteiger partial charge in [0.1, 0.15) is 0 Å². The van der Waals surface area contributed by atoms with Gasteiger partial charge < -0.3 is 14.8 Å². The number of nitrogens with one attached hydrogen (secondary N) is 1. The lowest BCUT2D eigenvalue weighted by molar-refractivity contribution is -0.116. The highest BCUT2D eigenvalue weighted by Crippen LogP contribution is 2.28. The van der Waals surface area contributed by atoms with Gasteiger partial charge >= 0.3 is 0 Å². The van der Waals surface area contributed by atoms with Crippen LogP contribution in [0.25, 0.3) is 6.08 Å². The Bertz CT molecular complexity index is 990. The lowest BCUT2D eigenvalue weighted by atomic mass is 10.2. The fourth-order valence-corrected chi connectivity index (χ4v) is 4.04. The number of ether oxygens (including phenoxy) is 2. The van der Waals surface area contributed by atoms with Crippen LogP contribution in [-0.2, 0) is 11.3 Å². The van der Waals surface area contributed by atoms with Crippen molar-refractivity contribution in [2.24, 2.45) is 0 Å². The summed E-state index contributed by atoms with van der Waals surface area (Å²) in [5.74, 6) is 1.03. The van der Waals surface area contributed by atoms with Gasteiger partial charge in [-0.15, -0.1) is 11.3 Å². The van der Waals surface area contributed by atoms with E-state index >= 15 is 0 Å². The van der Waals surface area contributed by atoms with E-state index in [1.165, 1.54) is 28.7 Å². The summed E-state index contributed by atoms with van der Waals surface area (Å²) in [6, 6.07) is 10.9. The molecule has 0 aliphatic carbocycles. The Morgan fingerprint density at radius 1 is 1.07 bits per heavy atom. The van der Waals surface area contributed by atoms with Crippen LogP contribution in [0.3, 0.4) is 0 Å². The SMILES string of the molecule is COc1ccc(/C=C/C(=O)NCc2ccc(C(=O)c3ccsc3)s2)cc1OC. The molecule has 144 valence electrons. The molecule has 3 rings (SSSR count). The number of methoxy groups -OCH3 is 2. The molecule has 5 nitrogen and oxygen atoms in total. The van der Waals surface area contributed by atoms with Gasteiger partial charge in [-0.2, -0.15) is 11.3 Å². The third-order valence-corrected chi connectivity index (χ3v) is 5.71. The summed E-state index contributed by atoms with van der Waals surface area (Å²) >= 11 is 2.89. The predicted molar refractivity (Wildman–Crippen MR) is 112 cm³/mol. The fraction of sp³-hybridized carbons (Fsp3) is 0.143. The number of benzene rings is 1. The Morgan fingerprint density at radius 3 is 2.61 bits per heavy atom. The second-order valence-corrected chi connectivity index (χ2v) is 7.72. The molecule has 2 heterocycles. The van der Waals surface area contributed by atoms with Gasteiger partial charge in [-0.05, 0) is 47.4 Å². The zero-order valence-electron chi connectivity index (χ0n) is 15.4. The minimum atomic E-state index is -0.214. The van der Waals surface area contributed by atoms with Crippen LogP contribution in [0.1, 0.15) is 25.7 Å². The van der Waals surface area contributed by atoms with Crippen molar-refractivity contribution in [1.82, 2.24) is 5.32 Å². The van der Waals surface area contributed by atoms with Gasteiger partial charge in [0, 0.05) is 21.9 Å². The normalized spacial score (nSPS) is 10.8. The van der Waals surface area contributed by atoms with E-state index in [9.17, 15) is 9.59 Å². The maximum atomic E-state index is 12.3. The van der Waals surface area contributed by atoms with Crippen LogP contribution in [0.5, 0.6) is 11.5 Å². The monoisotopic (exact) mass is 413 g/mol. The molecule has 0 fully saturated rings. The summed E-state index contributed by atoms with van der Waals surface area (Å²) in [6.07, 6.45) is 3.17. The van der Waals surface area contributed by atoms with Crippen LogP contribution in [-0.4, -0.2) is 25.9 Å². The van der Waals surface area contributed by atoms with Crippen LogP contribution in [0, 0.1) is 0 Å². The zero-order valence-corrected chi connectivity index (χ0v) is 17.1. The standard InChI is InChI=1S/C21H19NO4S2/c1-25-17-6-3-14(11-18(17)26-2)4-8-20(23)22-12-16-5-7-19(28-16)21(24)15-9-10-27-13-15/h3-11,13H,12H2,1-2H3,(H,22,23)/b8-4+. The maximum absolute atomic E-state index is 12.3. The molecule has 0 radical (unpaired) electrons. The summed E-state index contributed by atoms with van der Waals surface area (Å²) in [6.45, 7) is 0.372. The fourth-order valence-electron chi connectivity index (χ4n) is 2.49. The van der Waals surface area contributed by atoms with Gasteiger partial charge in [0.05, 0.1) is 25.6 Å². The number of carbonyl (C=O) groups is 2. The third-order valence-electron chi connectivity index (χ3n) is 3.94. The number of hydrogen-bond acceptors (Lipinski definition) is 6. The smallest absolute Gasteiger partial charge is 0.244 e. The minimum Gasteiger partial charge on any atom is -0.493 e. The van der Waals surface area contributed by atoms with Gasteiger partial charge in [0.25, 0.3) is 0 Å². The molecule has 0 saturated heterocycles. The van der Waals surface area contributed by atoms with Crippen molar-refractivity contribution in [3.05, 3.63) is 74.1 Å². The van der Waals surface area contributed by atoms with Crippen LogP contribution in [0.15, 0.2) is 53.2 Å². The molecule has 0 aliphatic rings. The van der Waals surface area contributed by atoms with Crippen LogP contribution in [0.4, 0.5) is 0 Å². The van der Waals surface area contributed by atoms with Gasteiger partial charge in [-0.1, -0.05) is 6.07 Å². The summed E-state index contributed by atoms with van der Waals surface area (Å²) in [5, 5.41) is 6.54. The molecule has 2 aromatic heterocycles. The van der Waals surface area contributed by atoms with E-state index in [0.717, 1.165) is 10.4 Å². The number of hydrogen-bond donors (Lipinski definition) is 1. The minimum absolute atomic E-state index is 0.0113. The molecular weight excluding hydrogens is 394 g/mol. The Balaban J connectivity index is 1.56. The first kappa shape index (κ1) is 19.9. The second-order valence-electron chi connectivity index (χ2n) is 5.77. The Hall–Kier alpha value is -2.90. The zero-order chi connectivity index (χ0) is 19.9. The Morgan fingerprint density at radius 2 is 1.89 bits per heavy atom. The molecule has 3 aromatic rings. The lowest BCUT2D eigenvalue weighted by Gasteiger charge is -2.07. The second kappa shape index (κ2) is 9.34. The van der Waals surface area contributed by atoms with Crippen molar-refractivity contribution < 1.29 is 19.1 Å². The topological polar surface area (TPSA) is 64.6 Å². The van der Waals surface area contributed by atoms with Gasteiger partial charge in [0.2, 0.25) is 11.7 Å². The summed E-state index contributed by atoms with van der Waals surface area (Å²) < 4.78 is 10.4. The summed E-state index contributed by atoms with van der Waals surface area (Å²) in [7, 11) is 3.14. The van der Waals surface area contributed by atoms with E-state index in [-0.39, 0.29) is 11.7 Å². The van der Waals surface area contributed by atoms with Gasteiger partial charge in [-0.3, -0.25) is 9.59 Å². The lowest BCUT2D eigenvalue weighted by Crippen LogP contribution is -2.19. The van der Waals surface area contributed by atoms with E-state index < -0.39 is 0 Å². The van der Waals surface area contributed by atoms with Gasteiger partial charge in [-0.25, -0.2) is 0 Å². The van der Waals surface area contributed by atoms with E-state index in [4.69, 9.17) is 9.47 Å². The van der Waals surface area contributed by atoms with Crippen LogP contribution in [0.2, 0.25) is 0 Å². The molecule has 0 atom stereocenters. The van der Waals surface area contributed by atoms with Crippen molar-refractivity contribution in [2.45, 2.75) is 6.54 Å². The van der Waals surface area contributed by atoms with Crippen molar-refractivity contribution in [2.75, 3.05) is 14.2 Å². The highest BCUT2D eigenvalue weighted by Gasteiger charge is 2.12. The van der Waals surface area contributed by atoms with E-state index in [0.29, 0.717) is 28.5 Å². The molecule has 0 bridgehead atoms. The number of carbonyl (C=O) groups excluding carboxylic acids is 2. The van der Waals surface area contributed by atoms with Crippen LogP contribution >= 0.6 is 22.7 Å². The molecule has 0 unspecified atom stereocenters. The third kappa shape index (κ3) is 4.88. The molecule has 28 heavy (non-hydrogen) atoms. The molecule has 0 spiro atoms. The van der Waals surface area contributed by atoms with Crippen LogP contribution < -0.4 is 14.8 Å². The largest absolute Gasteiger partial charge is 0.493 e. The highest BCUT2D eigenvalue weighted by atomic mass is 32.1. The average molecular weight is 414 g/mol. The Labute approximate surface area is 171 Å². The average Bonchev–Trinajstić information content (AvgIpc) is 3.42. The molecule has 7 heteroatoms. The summed E-state index contributed by atoms with van der Waals surface area (Å²) in [4.78, 5) is 26.0. The van der Waals surface area contributed by atoms with Crippen molar-refractivity contribution in [1.29, 1.82) is 0 Å². The van der Waals surface area contributed by atoms with Crippen molar-refractivity contribution in [3.8, 4) is 11.5 Å². The molecule has 1 amide bonds. The first-order valence-electron chi connectivity index (χ1n) is 8.44. The van der Waals surface area contributed by atoms with E-state index in [1.54, 1.807) is 38.5 Å². The maximum Gasteiger partial charge on any atom is 0.244 e. The van der Waals surface area contributed by atoms with E-state index in [2.05, 4.69) is 5.32 Å². The van der Waals surface area contributed by atoms with Gasteiger partial charge in [0.15, 0.2) is 11.5 Å². The first-order chi connectivity index (χ1) is 13.6. The first-order valence-corrected chi connectivity index (χ1v) is 10.2. The molecular formula is C21H19NO4S2. The summed E-state index contributed by atoms with van der Waals surface area (Å²) in [5.41, 5.74) is 1.52. The molecule has 0 aliphatic heterocycles. The Kier molecular flexibility index (Phi) is 6.62.